The van der Waals surface area contributed by atoms with Crippen LogP contribution in [-0.2, 0) is 19.3 Å². The Bertz CT molecular complexity index is 860. The third-order valence-electron chi connectivity index (χ3n) is 3.09. The van der Waals surface area contributed by atoms with Crippen LogP contribution in [0.1, 0.15) is 24.9 Å². The third kappa shape index (κ3) is 3.06. The van der Waals surface area contributed by atoms with Gasteiger partial charge in [0.1, 0.15) is 18.0 Å². The second-order valence-electron chi connectivity index (χ2n) is 4.76. The van der Waals surface area contributed by atoms with Gasteiger partial charge in [0.25, 0.3) is 5.78 Å². The van der Waals surface area contributed by atoms with Gasteiger partial charge in [0, 0.05) is 12.6 Å². The van der Waals surface area contributed by atoms with Gasteiger partial charge in [-0.1, -0.05) is 6.92 Å². The highest BCUT2D eigenvalue weighted by Crippen LogP contribution is 2.33. The Morgan fingerprint density at radius 2 is 2.08 bits per heavy atom. The Balaban J connectivity index is 2.07. The molecule has 0 aliphatic heterocycles. The number of fused-ring (bicyclic) bond motifs is 1. The van der Waals surface area contributed by atoms with Crippen molar-refractivity contribution < 1.29 is 18.3 Å². The molecule has 0 aliphatic rings. The fraction of sp³-hybridized carbons (Fsp3) is 0.417. The molecule has 0 fully saturated rings. The molecule has 3 aromatic heterocycles. The van der Waals surface area contributed by atoms with E-state index in [2.05, 4.69) is 25.3 Å². The van der Waals surface area contributed by atoms with E-state index < -0.39 is 11.9 Å². The van der Waals surface area contributed by atoms with E-state index in [0.29, 0.717) is 17.5 Å². The largest absolute Gasteiger partial charge is 0.433 e. The van der Waals surface area contributed by atoms with Gasteiger partial charge in [-0.25, -0.2) is 4.98 Å². The maximum absolute atomic E-state index is 13.0. The van der Waals surface area contributed by atoms with E-state index in [9.17, 15) is 18.3 Å². The van der Waals surface area contributed by atoms with E-state index in [1.807, 2.05) is 6.92 Å². The first-order valence-electron chi connectivity index (χ1n) is 6.92. The molecule has 12 heteroatoms. The van der Waals surface area contributed by atoms with Crippen LogP contribution in [0.3, 0.4) is 0 Å². The summed E-state index contributed by atoms with van der Waals surface area (Å²) in [7, 11) is 0. The maximum atomic E-state index is 13.0. The fourth-order valence-electron chi connectivity index (χ4n) is 2.06. The fourth-order valence-corrected chi connectivity index (χ4v) is 3.02. The summed E-state index contributed by atoms with van der Waals surface area (Å²) in [6.07, 6.45) is -2.72. The molecule has 0 radical (unpaired) electrons. The highest BCUT2D eigenvalue weighted by Gasteiger charge is 2.34. The first-order valence-corrected chi connectivity index (χ1v) is 7.74. The normalized spacial score (nSPS) is 12.2. The summed E-state index contributed by atoms with van der Waals surface area (Å²) in [6, 6.07) is 0.885. The molecule has 3 aromatic rings. The van der Waals surface area contributed by atoms with Crippen molar-refractivity contribution in [3.63, 3.8) is 0 Å². The minimum absolute atomic E-state index is 0.152. The van der Waals surface area contributed by atoms with Crippen molar-refractivity contribution in [3.05, 3.63) is 23.9 Å². The Kier molecular flexibility index (Phi) is 4.41. The predicted octanol–water partition coefficient (Wildman–Crippen LogP) is 1.79. The van der Waals surface area contributed by atoms with E-state index in [0.717, 1.165) is 30.6 Å². The van der Waals surface area contributed by atoms with Crippen LogP contribution < -0.4 is 0 Å². The molecule has 0 unspecified atom stereocenters. The Morgan fingerprint density at radius 1 is 1.29 bits per heavy atom. The zero-order valence-electron chi connectivity index (χ0n) is 12.4. The van der Waals surface area contributed by atoms with Gasteiger partial charge in [-0.15, -0.1) is 10.2 Å². The van der Waals surface area contributed by atoms with Crippen molar-refractivity contribution >= 4 is 17.5 Å². The average Bonchev–Trinajstić information content (AvgIpc) is 3.14. The Labute approximate surface area is 137 Å². The molecule has 0 saturated carbocycles. The topological polar surface area (TPSA) is 94.0 Å². The summed E-state index contributed by atoms with van der Waals surface area (Å²) in [5.41, 5.74) is -1.06. The number of alkyl halides is 3. The number of aliphatic hydroxyl groups excluding tert-OH is 1. The van der Waals surface area contributed by atoms with Crippen molar-refractivity contribution in [2.45, 2.75) is 42.9 Å². The van der Waals surface area contributed by atoms with Gasteiger partial charge in [0.15, 0.2) is 16.7 Å². The minimum atomic E-state index is -4.60. The molecular weight excluding hydrogens is 347 g/mol. The lowest BCUT2D eigenvalue weighted by Crippen LogP contribution is -2.11. The van der Waals surface area contributed by atoms with E-state index in [4.69, 9.17) is 0 Å². The molecule has 8 nitrogen and oxygen atoms in total. The lowest BCUT2D eigenvalue weighted by atomic mass is 10.4. The standard InChI is InChI=1S/C12H12F3N7OS/c1-2-3-21-8(5-23)19-20-11(21)24-9-4-7(12(13,14)15)18-10-16-6-17-22(9)10/h4,6,23H,2-3,5H2,1H3. The summed E-state index contributed by atoms with van der Waals surface area (Å²) in [6.45, 7) is 2.15. The molecule has 0 aromatic carbocycles. The summed E-state index contributed by atoms with van der Waals surface area (Å²) in [4.78, 5) is 7.18. The van der Waals surface area contributed by atoms with Gasteiger partial charge in [-0.05, 0) is 18.2 Å². The quantitative estimate of drug-likeness (QED) is 0.694. The zero-order valence-corrected chi connectivity index (χ0v) is 13.2. The highest BCUT2D eigenvalue weighted by atomic mass is 32.2. The van der Waals surface area contributed by atoms with Crippen LogP contribution in [0.5, 0.6) is 0 Å². The second-order valence-corrected chi connectivity index (χ2v) is 5.75. The molecule has 128 valence electrons. The van der Waals surface area contributed by atoms with Crippen molar-refractivity contribution in [2.75, 3.05) is 0 Å². The number of hydrogen-bond acceptors (Lipinski definition) is 7. The number of halogens is 3. The van der Waals surface area contributed by atoms with Crippen LogP contribution >= 0.6 is 11.8 Å². The summed E-state index contributed by atoms with van der Waals surface area (Å²) < 4.78 is 41.9. The van der Waals surface area contributed by atoms with Crippen molar-refractivity contribution in [1.29, 1.82) is 0 Å². The minimum Gasteiger partial charge on any atom is -0.388 e. The van der Waals surface area contributed by atoms with E-state index in [1.165, 1.54) is 4.52 Å². The predicted molar refractivity (Wildman–Crippen MR) is 76.1 cm³/mol. The van der Waals surface area contributed by atoms with Gasteiger partial charge in [-0.2, -0.15) is 27.8 Å². The van der Waals surface area contributed by atoms with Crippen molar-refractivity contribution in [2.24, 2.45) is 0 Å². The lowest BCUT2D eigenvalue weighted by Gasteiger charge is -2.10. The van der Waals surface area contributed by atoms with Crippen LogP contribution in [0.4, 0.5) is 13.2 Å². The number of rotatable bonds is 5. The molecule has 0 atom stereocenters. The smallest absolute Gasteiger partial charge is 0.388 e. The number of aliphatic hydroxyl groups is 1. The van der Waals surface area contributed by atoms with Crippen LogP contribution in [-0.4, -0.2) is 39.5 Å². The van der Waals surface area contributed by atoms with Crippen LogP contribution in [0.15, 0.2) is 22.6 Å². The first-order chi connectivity index (χ1) is 11.4. The highest BCUT2D eigenvalue weighted by molar-refractivity contribution is 7.99. The molecule has 0 aliphatic carbocycles. The van der Waals surface area contributed by atoms with Gasteiger partial charge in [-0.3, -0.25) is 0 Å². The van der Waals surface area contributed by atoms with Gasteiger partial charge >= 0.3 is 6.18 Å². The zero-order chi connectivity index (χ0) is 17.3. The Morgan fingerprint density at radius 3 is 2.75 bits per heavy atom. The SMILES string of the molecule is CCCn1c(CO)nnc1Sc1cc(C(F)(F)F)nc2ncnn12. The molecule has 1 N–H and O–H groups in total. The van der Waals surface area contributed by atoms with Crippen LogP contribution in [0.2, 0.25) is 0 Å². The van der Waals surface area contributed by atoms with Crippen LogP contribution in [0.25, 0.3) is 5.78 Å². The maximum Gasteiger partial charge on any atom is 0.433 e. The molecule has 0 saturated heterocycles. The van der Waals surface area contributed by atoms with Gasteiger partial charge in [0.2, 0.25) is 0 Å². The summed E-state index contributed by atoms with van der Waals surface area (Å²) >= 11 is 0.953. The summed E-state index contributed by atoms with van der Waals surface area (Å²) in [5.74, 6) is 0.190. The number of aromatic nitrogens is 7. The molecule has 0 bridgehead atoms. The summed E-state index contributed by atoms with van der Waals surface area (Å²) in [5, 5.41) is 21.5. The average molecular weight is 359 g/mol. The van der Waals surface area contributed by atoms with Gasteiger partial charge in [0.05, 0.1) is 0 Å². The third-order valence-corrected chi connectivity index (χ3v) is 4.07. The number of nitrogens with zero attached hydrogens (tertiary/aromatic N) is 7. The molecule has 24 heavy (non-hydrogen) atoms. The molecule has 0 spiro atoms. The van der Waals surface area contributed by atoms with E-state index in [-0.39, 0.29) is 17.4 Å². The van der Waals surface area contributed by atoms with E-state index >= 15 is 0 Å². The molecule has 0 amide bonds. The second kappa shape index (κ2) is 6.36. The molecular formula is C12H12F3N7OS. The van der Waals surface area contributed by atoms with Crippen molar-refractivity contribution in [1.82, 2.24) is 34.3 Å². The van der Waals surface area contributed by atoms with Crippen LogP contribution in [0, 0.1) is 0 Å². The molecule has 3 heterocycles. The number of hydrogen-bond donors (Lipinski definition) is 1. The lowest BCUT2D eigenvalue weighted by molar-refractivity contribution is -0.141. The molecule has 3 rings (SSSR count). The first kappa shape index (κ1) is 16.6. The van der Waals surface area contributed by atoms with Gasteiger partial charge < -0.3 is 9.67 Å². The van der Waals surface area contributed by atoms with Crippen molar-refractivity contribution in [3.8, 4) is 0 Å². The Hall–Kier alpha value is -2.21. The van der Waals surface area contributed by atoms with E-state index in [1.54, 1.807) is 4.57 Å². The monoisotopic (exact) mass is 359 g/mol.